The molecule has 0 aromatic heterocycles. The summed E-state index contributed by atoms with van der Waals surface area (Å²) in [5, 5.41) is 0. The van der Waals surface area contributed by atoms with Crippen LogP contribution in [0.3, 0.4) is 0 Å². The topological polar surface area (TPSA) is 18.5 Å². The Labute approximate surface area is 124 Å². The second-order valence-electron chi connectivity index (χ2n) is 4.30. The molecule has 0 aliphatic rings. The van der Waals surface area contributed by atoms with Gasteiger partial charge in [0.1, 0.15) is 5.75 Å². The molecule has 0 heterocycles. The Balaban J connectivity index is 2.48. The summed E-state index contributed by atoms with van der Waals surface area (Å²) in [6, 6.07) is 7.32. The fourth-order valence-electron chi connectivity index (χ4n) is 1.84. The third-order valence-electron chi connectivity index (χ3n) is 3.04. The lowest BCUT2D eigenvalue weighted by Crippen LogP contribution is -1.97. The average Bonchev–Trinajstić information content (AvgIpc) is 2.56. The Morgan fingerprint density at radius 3 is 1.95 bits per heavy atom. The van der Waals surface area contributed by atoms with E-state index in [1.165, 1.54) is 31.4 Å². The second-order valence-corrected chi connectivity index (χ2v) is 4.30. The molecule has 0 bridgehead atoms. The molecular weight excluding hydrogens is 300 g/mol. The highest BCUT2D eigenvalue weighted by Crippen LogP contribution is 2.33. The van der Waals surface area contributed by atoms with Gasteiger partial charge in [0.05, 0.1) is 19.8 Å². The van der Waals surface area contributed by atoms with Crippen LogP contribution in [0.5, 0.6) is 11.5 Å². The number of rotatable bonds is 4. The molecule has 2 aromatic rings. The van der Waals surface area contributed by atoms with Gasteiger partial charge in [0.2, 0.25) is 5.82 Å². The van der Waals surface area contributed by atoms with Gasteiger partial charge in [-0.25, -0.2) is 13.2 Å². The van der Waals surface area contributed by atoms with Crippen LogP contribution in [0.15, 0.2) is 36.4 Å². The number of hydrogen-bond donors (Lipinski definition) is 0. The number of halogens is 4. The lowest BCUT2D eigenvalue weighted by Gasteiger charge is -2.07. The molecule has 0 saturated heterocycles. The van der Waals surface area contributed by atoms with Crippen LogP contribution in [0.2, 0.25) is 0 Å². The minimum Gasteiger partial charge on any atom is -0.497 e. The van der Waals surface area contributed by atoms with Crippen LogP contribution in [0.1, 0.15) is 11.1 Å². The Hall–Kier alpha value is -2.50. The molecule has 0 radical (unpaired) electrons. The molecule has 0 unspecified atom stereocenters. The van der Waals surface area contributed by atoms with Gasteiger partial charge in [-0.15, -0.1) is 0 Å². The molecular formula is C16H12F4O2. The van der Waals surface area contributed by atoms with Crippen LogP contribution >= 0.6 is 0 Å². The lowest BCUT2D eigenvalue weighted by atomic mass is 10.1. The molecule has 0 saturated carbocycles. The Morgan fingerprint density at radius 1 is 0.773 bits per heavy atom. The number of hydrogen-bond acceptors (Lipinski definition) is 2. The van der Waals surface area contributed by atoms with Crippen molar-refractivity contribution in [2.24, 2.45) is 0 Å². The molecule has 6 heteroatoms. The van der Waals surface area contributed by atoms with E-state index in [1.54, 1.807) is 0 Å². The van der Waals surface area contributed by atoms with Gasteiger partial charge in [0.15, 0.2) is 23.2 Å². The first-order valence-electron chi connectivity index (χ1n) is 6.21. The molecule has 2 nitrogen and oxygen atoms in total. The molecule has 22 heavy (non-hydrogen) atoms. The van der Waals surface area contributed by atoms with Crippen molar-refractivity contribution in [3.05, 3.63) is 59.2 Å². The van der Waals surface area contributed by atoms with Crippen molar-refractivity contribution in [3.8, 4) is 11.5 Å². The Morgan fingerprint density at radius 2 is 1.41 bits per heavy atom. The summed E-state index contributed by atoms with van der Waals surface area (Å²) in [5.74, 6) is -5.62. The number of methoxy groups -OCH3 is 2. The summed E-state index contributed by atoms with van der Waals surface area (Å²) in [6.45, 7) is 0. The predicted molar refractivity (Wildman–Crippen MR) is 74.9 cm³/mol. The molecule has 116 valence electrons. The molecule has 0 aliphatic carbocycles. The largest absolute Gasteiger partial charge is 0.497 e. The van der Waals surface area contributed by atoms with Crippen molar-refractivity contribution in [2.45, 2.75) is 0 Å². The normalized spacial score (nSPS) is 11.9. The third-order valence-corrected chi connectivity index (χ3v) is 3.04. The fraction of sp³-hybridized carbons (Fsp3) is 0.125. The van der Waals surface area contributed by atoms with Gasteiger partial charge in [-0.2, -0.15) is 4.39 Å². The highest BCUT2D eigenvalue weighted by atomic mass is 19.2. The van der Waals surface area contributed by atoms with Gasteiger partial charge in [0.25, 0.3) is 0 Å². The molecule has 0 N–H and O–H groups in total. The van der Waals surface area contributed by atoms with E-state index in [4.69, 9.17) is 4.74 Å². The summed E-state index contributed by atoms with van der Waals surface area (Å²) < 4.78 is 65.0. The van der Waals surface area contributed by atoms with Gasteiger partial charge < -0.3 is 9.47 Å². The standard InChI is InChI=1S/C16H12F4O2/c1-21-10-5-3-9(4-6-10)13(17)14(18)11-7-8-12(22-2)16(20)15(11)19/h3-8H,1-2H3. The summed E-state index contributed by atoms with van der Waals surface area (Å²) >= 11 is 0. The zero-order chi connectivity index (χ0) is 16.3. The molecule has 2 aromatic carbocycles. The van der Waals surface area contributed by atoms with E-state index in [2.05, 4.69) is 4.74 Å². The first-order chi connectivity index (χ1) is 10.5. The van der Waals surface area contributed by atoms with Crippen molar-refractivity contribution >= 4 is 11.7 Å². The van der Waals surface area contributed by atoms with Crippen LogP contribution < -0.4 is 9.47 Å². The van der Waals surface area contributed by atoms with Crippen LogP contribution in [0, 0.1) is 11.6 Å². The third kappa shape index (κ3) is 2.90. The van der Waals surface area contributed by atoms with Crippen LogP contribution in [0.4, 0.5) is 17.6 Å². The molecule has 0 atom stereocenters. The number of ether oxygens (including phenoxy) is 2. The SMILES string of the molecule is COc1ccc(C(F)=C(F)c2ccc(OC)c(F)c2F)cc1. The minimum atomic E-state index is -1.51. The van der Waals surface area contributed by atoms with Crippen molar-refractivity contribution in [1.82, 2.24) is 0 Å². The van der Waals surface area contributed by atoms with E-state index < -0.39 is 28.9 Å². The maximum Gasteiger partial charge on any atom is 0.201 e. The van der Waals surface area contributed by atoms with E-state index in [9.17, 15) is 17.6 Å². The van der Waals surface area contributed by atoms with Gasteiger partial charge in [-0.3, -0.25) is 0 Å². The zero-order valence-corrected chi connectivity index (χ0v) is 11.8. The summed E-state index contributed by atoms with van der Waals surface area (Å²) in [7, 11) is 2.57. The molecule has 2 rings (SSSR count). The number of benzene rings is 2. The van der Waals surface area contributed by atoms with E-state index in [1.807, 2.05) is 0 Å². The van der Waals surface area contributed by atoms with E-state index in [0.29, 0.717) is 5.75 Å². The molecule has 0 aliphatic heterocycles. The van der Waals surface area contributed by atoms with Crippen molar-refractivity contribution < 1.29 is 27.0 Å². The maximum absolute atomic E-state index is 14.1. The van der Waals surface area contributed by atoms with E-state index in [-0.39, 0.29) is 11.3 Å². The quantitative estimate of drug-likeness (QED) is 0.599. The summed E-state index contributed by atoms with van der Waals surface area (Å²) in [5.41, 5.74) is -0.930. The van der Waals surface area contributed by atoms with E-state index in [0.717, 1.165) is 19.2 Å². The van der Waals surface area contributed by atoms with Gasteiger partial charge in [-0.05, 0) is 36.4 Å². The zero-order valence-electron chi connectivity index (χ0n) is 11.8. The first-order valence-corrected chi connectivity index (χ1v) is 6.21. The Bertz CT molecular complexity index is 709. The van der Waals surface area contributed by atoms with Crippen LogP contribution in [0.25, 0.3) is 11.7 Å². The van der Waals surface area contributed by atoms with Gasteiger partial charge in [0, 0.05) is 5.56 Å². The lowest BCUT2D eigenvalue weighted by molar-refractivity contribution is 0.371. The van der Waals surface area contributed by atoms with Crippen molar-refractivity contribution in [1.29, 1.82) is 0 Å². The monoisotopic (exact) mass is 312 g/mol. The van der Waals surface area contributed by atoms with E-state index >= 15 is 0 Å². The highest BCUT2D eigenvalue weighted by molar-refractivity contribution is 5.83. The van der Waals surface area contributed by atoms with Crippen LogP contribution in [-0.2, 0) is 0 Å². The fourth-order valence-corrected chi connectivity index (χ4v) is 1.84. The minimum absolute atomic E-state index is 0.117. The van der Waals surface area contributed by atoms with Crippen molar-refractivity contribution in [2.75, 3.05) is 14.2 Å². The Kier molecular flexibility index (Phi) is 4.70. The average molecular weight is 312 g/mol. The summed E-state index contributed by atoms with van der Waals surface area (Å²) in [6.07, 6.45) is 0. The van der Waals surface area contributed by atoms with Gasteiger partial charge >= 0.3 is 0 Å². The molecule has 0 spiro atoms. The van der Waals surface area contributed by atoms with Crippen molar-refractivity contribution in [3.63, 3.8) is 0 Å². The smallest absolute Gasteiger partial charge is 0.201 e. The first kappa shape index (κ1) is 15.9. The molecule has 0 fully saturated rings. The highest BCUT2D eigenvalue weighted by Gasteiger charge is 2.20. The second kappa shape index (κ2) is 6.51. The van der Waals surface area contributed by atoms with Crippen LogP contribution in [-0.4, -0.2) is 14.2 Å². The summed E-state index contributed by atoms with van der Waals surface area (Å²) in [4.78, 5) is 0. The van der Waals surface area contributed by atoms with Gasteiger partial charge in [-0.1, -0.05) is 0 Å². The maximum atomic E-state index is 14.1. The predicted octanol–water partition coefficient (Wildman–Crippen LogP) is 4.75. The molecule has 0 amide bonds.